The molecule has 14 heavy (non-hydrogen) atoms. The third kappa shape index (κ3) is 1.71. The van der Waals surface area contributed by atoms with Gasteiger partial charge in [-0.3, -0.25) is 0 Å². The van der Waals surface area contributed by atoms with Crippen LogP contribution in [-0.4, -0.2) is 23.3 Å². The summed E-state index contributed by atoms with van der Waals surface area (Å²) in [6, 6.07) is 0.608. The number of alkyl halides is 1. The average Bonchev–Trinajstić information content (AvgIpc) is 2.74. The second-order valence-electron chi connectivity index (χ2n) is 3.97. The number of anilines is 1. The van der Waals surface area contributed by atoms with Crippen LogP contribution in [0.15, 0.2) is 4.42 Å². The molecule has 0 saturated carbocycles. The van der Waals surface area contributed by atoms with E-state index >= 15 is 0 Å². The van der Waals surface area contributed by atoms with E-state index in [9.17, 15) is 0 Å². The van der Waals surface area contributed by atoms with Gasteiger partial charge in [0, 0.05) is 13.1 Å². The SMILES string of the molecule is CC1CN(c2nnc(CCl)o2)CC1C. The van der Waals surface area contributed by atoms with Crippen LogP contribution in [-0.2, 0) is 5.88 Å². The van der Waals surface area contributed by atoms with Crippen LogP contribution in [0, 0.1) is 11.8 Å². The first-order valence-electron chi connectivity index (χ1n) is 4.84. The van der Waals surface area contributed by atoms with Gasteiger partial charge < -0.3 is 9.32 Å². The molecule has 0 amide bonds. The van der Waals surface area contributed by atoms with E-state index in [2.05, 4.69) is 28.9 Å². The Balaban J connectivity index is 2.09. The third-order valence-electron chi connectivity index (χ3n) is 2.83. The lowest BCUT2D eigenvalue weighted by Gasteiger charge is -2.10. The summed E-state index contributed by atoms with van der Waals surface area (Å²) in [6.07, 6.45) is 0. The van der Waals surface area contributed by atoms with Crippen molar-refractivity contribution < 1.29 is 4.42 Å². The van der Waals surface area contributed by atoms with E-state index in [4.69, 9.17) is 16.0 Å². The Kier molecular flexibility index (Phi) is 2.63. The average molecular weight is 216 g/mol. The number of hydrogen-bond donors (Lipinski definition) is 0. The van der Waals surface area contributed by atoms with Gasteiger partial charge >= 0.3 is 6.01 Å². The van der Waals surface area contributed by atoms with Gasteiger partial charge in [0.15, 0.2) is 0 Å². The van der Waals surface area contributed by atoms with Crippen molar-refractivity contribution in [3.05, 3.63) is 5.89 Å². The zero-order valence-corrected chi connectivity index (χ0v) is 9.16. The van der Waals surface area contributed by atoms with Gasteiger partial charge in [0.1, 0.15) is 5.88 Å². The minimum Gasteiger partial charge on any atom is -0.407 e. The highest BCUT2D eigenvalue weighted by Gasteiger charge is 2.29. The highest BCUT2D eigenvalue weighted by Crippen LogP contribution is 2.26. The first-order valence-corrected chi connectivity index (χ1v) is 5.37. The molecule has 1 aromatic heterocycles. The molecule has 4 nitrogen and oxygen atoms in total. The summed E-state index contributed by atoms with van der Waals surface area (Å²) in [5.74, 6) is 2.14. The molecule has 0 aromatic carbocycles. The summed E-state index contributed by atoms with van der Waals surface area (Å²) in [5, 5.41) is 7.80. The maximum absolute atomic E-state index is 5.59. The standard InChI is InChI=1S/C9H14ClN3O/c1-6-4-13(5-7(6)2)9-12-11-8(3-10)14-9/h6-7H,3-5H2,1-2H3. The minimum atomic E-state index is 0.284. The van der Waals surface area contributed by atoms with Crippen molar-refractivity contribution in [1.29, 1.82) is 0 Å². The predicted molar refractivity (Wildman–Crippen MR) is 54.4 cm³/mol. The highest BCUT2D eigenvalue weighted by atomic mass is 35.5. The number of halogens is 1. The lowest BCUT2D eigenvalue weighted by atomic mass is 10.0. The van der Waals surface area contributed by atoms with Crippen LogP contribution in [0.5, 0.6) is 0 Å². The Labute approximate surface area is 88.2 Å². The number of nitrogens with zero attached hydrogens (tertiary/aromatic N) is 3. The molecule has 1 saturated heterocycles. The zero-order valence-electron chi connectivity index (χ0n) is 8.40. The summed E-state index contributed by atoms with van der Waals surface area (Å²) >= 11 is 5.59. The molecule has 1 aliphatic rings. The van der Waals surface area contributed by atoms with Crippen molar-refractivity contribution in [3.63, 3.8) is 0 Å². The molecule has 2 unspecified atom stereocenters. The first-order chi connectivity index (χ1) is 6.70. The van der Waals surface area contributed by atoms with Crippen LogP contribution >= 0.6 is 11.6 Å². The summed E-state index contributed by atoms with van der Waals surface area (Å²) in [6.45, 7) is 6.46. The molecule has 5 heteroatoms. The fraction of sp³-hybridized carbons (Fsp3) is 0.778. The highest BCUT2D eigenvalue weighted by molar-refractivity contribution is 6.16. The Morgan fingerprint density at radius 3 is 2.50 bits per heavy atom. The zero-order chi connectivity index (χ0) is 10.1. The van der Waals surface area contributed by atoms with E-state index in [1.54, 1.807) is 0 Å². The lowest BCUT2D eigenvalue weighted by molar-refractivity contribution is 0.494. The van der Waals surface area contributed by atoms with Gasteiger partial charge in [-0.15, -0.1) is 16.7 Å². The van der Waals surface area contributed by atoms with Gasteiger partial charge in [-0.2, -0.15) is 0 Å². The summed E-state index contributed by atoms with van der Waals surface area (Å²) in [7, 11) is 0. The Morgan fingerprint density at radius 1 is 1.36 bits per heavy atom. The lowest BCUT2D eigenvalue weighted by Crippen LogP contribution is -2.19. The summed E-state index contributed by atoms with van der Waals surface area (Å²) in [4.78, 5) is 2.12. The van der Waals surface area contributed by atoms with E-state index in [-0.39, 0.29) is 5.88 Å². The molecule has 2 rings (SSSR count). The molecule has 2 atom stereocenters. The number of hydrogen-bond acceptors (Lipinski definition) is 4. The molecular weight excluding hydrogens is 202 g/mol. The molecule has 0 spiro atoms. The van der Waals surface area contributed by atoms with E-state index in [0.29, 0.717) is 23.7 Å². The molecule has 2 heterocycles. The van der Waals surface area contributed by atoms with Gasteiger partial charge in [0.2, 0.25) is 5.89 Å². The molecule has 0 radical (unpaired) electrons. The van der Waals surface area contributed by atoms with E-state index in [0.717, 1.165) is 13.1 Å². The maximum Gasteiger partial charge on any atom is 0.318 e. The summed E-state index contributed by atoms with van der Waals surface area (Å²) in [5.41, 5.74) is 0. The van der Waals surface area contributed by atoms with Crippen molar-refractivity contribution >= 4 is 17.6 Å². The van der Waals surface area contributed by atoms with Crippen LogP contribution in [0.4, 0.5) is 6.01 Å². The van der Waals surface area contributed by atoms with Crippen molar-refractivity contribution in [2.45, 2.75) is 19.7 Å². The number of aromatic nitrogens is 2. The van der Waals surface area contributed by atoms with Crippen molar-refractivity contribution in [1.82, 2.24) is 10.2 Å². The molecular formula is C9H14ClN3O. The first kappa shape index (κ1) is 9.77. The van der Waals surface area contributed by atoms with Crippen LogP contribution < -0.4 is 4.90 Å². The molecule has 78 valence electrons. The quantitative estimate of drug-likeness (QED) is 0.707. The second kappa shape index (κ2) is 3.77. The smallest absolute Gasteiger partial charge is 0.318 e. The Morgan fingerprint density at radius 2 is 2.00 bits per heavy atom. The van der Waals surface area contributed by atoms with Gasteiger partial charge in [0.25, 0.3) is 0 Å². The topological polar surface area (TPSA) is 42.2 Å². The normalized spacial score (nSPS) is 27.2. The van der Waals surface area contributed by atoms with E-state index in [1.165, 1.54) is 0 Å². The van der Waals surface area contributed by atoms with Gasteiger partial charge in [-0.1, -0.05) is 18.9 Å². The molecule has 1 aromatic rings. The second-order valence-corrected chi connectivity index (χ2v) is 4.24. The molecule has 0 N–H and O–H groups in total. The molecule has 0 aliphatic carbocycles. The fourth-order valence-corrected chi connectivity index (χ4v) is 1.82. The van der Waals surface area contributed by atoms with Crippen LogP contribution in [0.25, 0.3) is 0 Å². The van der Waals surface area contributed by atoms with Crippen molar-refractivity contribution in [3.8, 4) is 0 Å². The van der Waals surface area contributed by atoms with Gasteiger partial charge in [-0.25, -0.2) is 0 Å². The largest absolute Gasteiger partial charge is 0.407 e. The van der Waals surface area contributed by atoms with Crippen molar-refractivity contribution in [2.75, 3.05) is 18.0 Å². The fourth-order valence-electron chi connectivity index (χ4n) is 1.71. The Hall–Kier alpha value is -0.770. The van der Waals surface area contributed by atoms with Crippen molar-refractivity contribution in [2.24, 2.45) is 11.8 Å². The van der Waals surface area contributed by atoms with Crippen LogP contribution in [0.2, 0.25) is 0 Å². The molecule has 1 aliphatic heterocycles. The minimum absolute atomic E-state index is 0.284. The monoisotopic (exact) mass is 215 g/mol. The third-order valence-corrected chi connectivity index (χ3v) is 3.06. The molecule has 1 fully saturated rings. The number of rotatable bonds is 2. The maximum atomic E-state index is 5.59. The van der Waals surface area contributed by atoms with Crippen LogP contribution in [0.3, 0.4) is 0 Å². The van der Waals surface area contributed by atoms with Gasteiger partial charge in [0.05, 0.1) is 0 Å². The summed E-state index contributed by atoms with van der Waals surface area (Å²) < 4.78 is 5.39. The Bertz CT molecular complexity index is 305. The predicted octanol–water partition coefficient (Wildman–Crippen LogP) is 1.90. The van der Waals surface area contributed by atoms with E-state index in [1.807, 2.05) is 0 Å². The van der Waals surface area contributed by atoms with E-state index < -0.39 is 0 Å². The van der Waals surface area contributed by atoms with Crippen LogP contribution in [0.1, 0.15) is 19.7 Å². The van der Waals surface area contributed by atoms with Gasteiger partial charge in [-0.05, 0) is 11.8 Å². The molecule has 0 bridgehead atoms.